The molecule has 2 atom stereocenters. The number of nitrogens with zero attached hydrogens (tertiary/aromatic N) is 1. The van der Waals surface area contributed by atoms with E-state index >= 15 is 0 Å². The summed E-state index contributed by atoms with van der Waals surface area (Å²) < 4.78 is 43.8. The number of nitrogens with one attached hydrogen (secondary N) is 1. The molecule has 1 amide bonds. The second-order valence-electron chi connectivity index (χ2n) is 5.01. The van der Waals surface area contributed by atoms with Gasteiger partial charge in [0.2, 0.25) is 5.91 Å². The van der Waals surface area contributed by atoms with E-state index in [1.54, 1.807) is 13.0 Å². The Balaban J connectivity index is 2.91. The molecular weight excluding hydrogens is 325 g/mol. The predicted molar refractivity (Wildman–Crippen MR) is 78.9 cm³/mol. The molecule has 0 radical (unpaired) electrons. The van der Waals surface area contributed by atoms with Crippen LogP contribution in [-0.4, -0.2) is 24.3 Å². The van der Waals surface area contributed by atoms with Crippen molar-refractivity contribution in [1.82, 2.24) is 5.32 Å². The Morgan fingerprint density at radius 3 is 2.50 bits per heavy atom. The van der Waals surface area contributed by atoms with Crippen molar-refractivity contribution in [2.45, 2.75) is 32.5 Å². The van der Waals surface area contributed by atoms with Crippen LogP contribution >= 0.6 is 0 Å². The van der Waals surface area contributed by atoms with Crippen LogP contribution in [0, 0.1) is 17.2 Å². The molecule has 0 fully saturated rings. The van der Waals surface area contributed by atoms with Crippen molar-refractivity contribution >= 4 is 11.7 Å². The lowest BCUT2D eigenvalue weighted by Crippen LogP contribution is -2.40. The zero-order valence-electron chi connectivity index (χ0n) is 13.2. The fourth-order valence-electron chi connectivity index (χ4n) is 1.89. The lowest BCUT2D eigenvalue weighted by molar-refractivity contribution is -0.142. The number of halogens is 3. The van der Waals surface area contributed by atoms with Crippen LogP contribution in [0.5, 0.6) is 5.75 Å². The molecule has 0 aliphatic rings. The van der Waals surface area contributed by atoms with Gasteiger partial charge < -0.3 is 10.1 Å². The van der Waals surface area contributed by atoms with Gasteiger partial charge in [0.1, 0.15) is 5.75 Å². The Labute approximate surface area is 137 Å². The molecule has 8 heteroatoms. The van der Waals surface area contributed by atoms with E-state index in [-0.39, 0.29) is 6.54 Å². The minimum absolute atomic E-state index is 0.288. The molecule has 130 valence electrons. The summed E-state index contributed by atoms with van der Waals surface area (Å²) in [5.74, 6) is -3.85. The molecule has 1 N–H and O–H groups in total. The van der Waals surface area contributed by atoms with Gasteiger partial charge in [0.25, 0.3) is 0 Å². The maximum Gasteiger partial charge on any atom is 0.419 e. The molecule has 0 saturated heterocycles. The van der Waals surface area contributed by atoms with E-state index in [1.807, 2.05) is 0 Å². The van der Waals surface area contributed by atoms with Crippen molar-refractivity contribution in [3.05, 3.63) is 29.8 Å². The molecule has 0 unspecified atom stereocenters. The SMILES string of the molecule is CCCNC(=O)[C@H](C#N)C(=O)[C@H](C)Oc1ccccc1C(F)(F)F. The first-order valence-electron chi connectivity index (χ1n) is 7.26. The van der Waals surface area contributed by atoms with Crippen molar-refractivity contribution in [1.29, 1.82) is 5.26 Å². The van der Waals surface area contributed by atoms with Gasteiger partial charge in [0.15, 0.2) is 17.8 Å². The zero-order chi connectivity index (χ0) is 18.3. The summed E-state index contributed by atoms with van der Waals surface area (Å²) in [6.07, 6.45) is -5.42. The molecule has 0 saturated carbocycles. The lowest BCUT2D eigenvalue weighted by atomic mass is 10.0. The van der Waals surface area contributed by atoms with E-state index in [4.69, 9.17) is 10.00 Å². The summed E-state index contributed by atoms with van der Waals surface area (Å²) in [4.78, 5) is 23.9. The molecule has 0 heterocycles. The van der Waals surface area contributed by atoms with Crippen molar-refractivity contribution < 1.29 is 27.5 Å². The van der Waals surface area contributed by atoms with E-state index in [2.05, 4.69) is 5.32 Å². The largest absolute Gasteiger partial charge is 0.482 e. The molecule has 0 aliphatic heterocycles. The number of ketones is 1. The van der Waals surface area contributed by atoms with Gasteiger partial charge in [-0.2, -0.15) is 18.4 Å². The highest BCUT2D eigenvalue weighted by atomic mass is 19.4. The maximum absolute atomic E-state index is 12.9. The van der Waals surface area contributed by atoms with Crippen LogP contribution < -0.4 is 10.1 Å². The first kappa shape index (κ1) is 19.5. The second-order valence-corrected chi connectivity index (χ2v) is 5.01. The lowest BCUT2D eigenvalue weighted by Gasteiger charge is -2.19. The van der Waals surface area contributed by atoms with Crippen molar-refractivity contribution in [2.75, 3.05) is 6.54 Å². The standard InChI is InChI=1S/C16H17F3N2O3/c1-3-8-21-15(23)11(9-20)14(22)10(2)24-13-7-5-4-6-12(13)16(17,18)19/h4-7,10-11H,3,8H2,1-2H3,(H,21,23)/t10-,11+/m0/s1. The normalized spacial score (nSPS) is 13.5. The van der Waals surface area contributed by atoms with Gasteiger partial charge in [0.05, 0.1) is 11.6 Å². The number of carbonyl (C=O) groups excluding carboxylic acids is 2. The number of Topliss-reactive ketones (excluding diaryl/α,β-unsaturated/α-hetero) is 1. The number of alkyl halides is 3. The smallest absolute Gasteiger partial charge is 0.419 e. The van der Waals surface area contributed by atoms with Crippen LogP contribution in [0.3, 0.4) is 0 Å². The Morgan fingerprint density at radius 2 is 1.96 bits per heavy atom. The predicted octanol–water partition coefficient (Wildman–Crippen LogP) is 2.71. The molecule has 24 heavy (non-hydrogen) atoms. The first-order chi connectivity index (χ1) is 11.2. The summed E-state index contributed by atoms with van der Waals surface area (Å²) in [5, 5.41) is 11.4. The Morgan fingerprint density at radius 1 is 1.33 bits per heavy atom. The number of nitriles is 1. The van der Waals surface area contributed by atoms with Crippen LogP contribution in [0.4, 0.5) is 13.2 Å². The summed E-state index contributed by atoms with van der Waals surface area (Å²) in [5.41, 5.74) is -1.03. The van der Waals surface area contributed by atoms with Gasteiger partial charge in [-0.05, 0) is 25.5 Å². The molecule has 1 aromatic rings. The van der Waals surface area contributed by atoms with Crippen molar-refractivity contribution in [3.8, 4) is 11.8 Å². The number of benzene rings is 1. The quantitative estimate of drug-likeness (QED) is 0.773. The van der Waals surface area contributed by atoms with Crippen LogP contribution in [0.1, 0.15) is 25.8 Å². The fraction of sp³-hybridized carbons (Fsp3) is 0.438. The van der Waals surface area contributed by atoms with Crippen molar-refractivity contribution in [3.63, 3.8) is 0 Å². The molecule has 0 aliphatic carbocycles. The minimum Gasteiger partial charge on any atom is -0.482 e. The first-order valence-corrected chi connectivity index (χ1v) is 7.26. The number of hydrogen-bond acceptors (Lipinski definition) is 4. The zero-order valence-corrected chi connectivity index (χ0v) is 13.2. The topological polar surface area (TPSA) is 79.2 Å². The molecule has 0 spiro atoms. The minimum atomic E-state index is -4.65. The van der Waals surface area contributed by atoms with Crippen LogP contribution in [-0.2, 0) is 15.8 Å². The molecule has 1 aromatic carbocycles. The van der Waals surface area contributed by atoms with Gasteiger partial charge in [-0.15, -0.1) is 0 Å². The Hall–Kier alpha value is -2.56. The number of para-hydroxylation sites is 1. The van der Waals surface area contributed by atoms with E-state index < -0.39 is 41.2 Å². The van der Waals surface area contributed by atoms with Gasteiger partial charge in [-0.1, -0.05) is 19.1 Å². The summed E-state index contributed by atoms with van der Waals surface area (Å²) in [7, 11) is 0. The van der Waals surface area contributed by atoms with E-state index in [0.717, 1.165) is 12.1 Å². The molecule has 1 rings (SSSR count). The summed E-state index contributed by atoms with van der Waals surface area (Å²) in [6, 6.07) is 5.98. The van der Waals surface area contributed by atoms with Gasteiger partial charge in [0, 0.05) is 6.54 Å². The molecule has 5 nitrogen and oxygen atoms in total. The highest BCUT2D eigenvalue weighted by Crippen LogP contribution is 2.36. The molecule has 0 aromatic heterocycles. The average molecular weight is 342 g/mol. The highest BCUT2D eigenvalue weighted by Gasteiger charge is 2.36. The van der Waals surface area contributed by atoms with E-state index in [9.17, 15) is 22.8 Å². The third kappa shape index (κ3) is 4.98. The van der Waals surface area contributed by atoms with Gasteiger partial charge in [-0.25, -0.2) is 0 Å². The van der Waals surface area contributed by atoms with Crippen LogP contribution in [0.15, 0.2) is 24.3 Å². The van der Waals surface area contributed by atoms with E-state index in [1.165, 1.54) is 19.1 Å². The fourth-order valence-corrected chi connectivity index (χ4v) is 1.89. The summed E-state index contributed by atoms with van der Waals surface area (Å²) in [6.45, 7) is 3.28. The third-order valence-electron chi connectivity index (χ3n) is 3.12. The number of rotatable bonds is 7. The van der Waals surface area contributed by atoms with Gasteiger partial charge in [-0.3, -0.25) is 9.59 Å². The average Bonchev–Trinajstić information content (AvgIpc) is 2.52. The van der Waals surface area contributed by atoms with Gasteiger partial charge >= 0.3 is 6.18 Å². The second kappa shape index (κ2) is 8.34. The third-order valence-corrected chi connectivity index (χ3v) is 3.12. The Bertz CT molecular complexity index is 638. The highest BCUT2D eigenvalue weighted by molar-refractivity contribution is 6.05. The number of amides is 1. The monoisotopic (exact) mass is 342 g/mol. The van der Waals surface area contributed by atoms with Crippen molar-refractivity contribution in [2.24, 2.45) is 5.92 Å². The Kier molecular flexibility index (Phi) is 6.77. The van der Waals surface area contributed by atoms with Crippen LogP contribution in [0.25, 0.3) is 0 Å². The van der Waals surface area contributed by atoms with E-state index in [0.29, 0.717) is 6.42 Å². The number of carbonyl (C=O) groups is 2. The maximum atomic E-state index is 12.9. The number of ether oxygens (including phenoxy) is 1. The molecular formula is C16H17F3N2O3. The molecule has 0 bridgehead atoms. The number of hydrogen-bond donors (Lipinski definition) is 1. The summed E-state index contributed by atoms with van der Waals surface area (Å²) >= 11 is 0. The van der Waals surface area contributed by atoms with Crippen LogP contribution in [0.2, 0.25) is 0 Å².